The van der Waals surface area contributed by atoms with E-state index in [9.17, 15) is 5.11 Å². The van der Waals surface area contributed by atoms with Crippen LogP contribution in [0.5, 0.6) is 5.75 Å². The molecular formula is C13H19ClO3. The molecule has 0 aliphatic heterocycles. The second-order valence-electron chi connectivity index (χ2n) is 3.99. The number of ether oxygens (including phenoxy) is 1. The summed E-state index contributed by atoms with van der Waals surface area (Å²) in [5.41, 5.74) is 0.708. The first-order valence-corrected chi connectivity index (χ1v) is 6.24. The minimum Gasteiger partial charge on any atom is -0.493 e. The molecule has 1 rings (SSSR count). The third-order valence-electron chi connectivity index (χ3n) is 2.48. The van der Waals surface area contributed by atoms with Gasteiger partial charge in [0.25, 0.3) is 0 Å². The van der Waals surface area contributed by atoms with Crippen LogP contribution in [-0.4, -0.2) is 23.4 Å². The van der Waals surface area contributed by atoms with Crippen LogP contribution < -0.4 is 4.74 Å². The normalized spacial score (nSPS) is 12.5. The molecule has 0 fully saturated rings. The lowest BCUT2D eigenvalue weighted by molar-refractivity contribution is 0.190. The van der Waals surface area contributed by atoms with Crippen molar-refractivity contribution in [3.8, 4) is 5.75 Å². The average Bonchev–Trinajstić information content (AvgIpc) is 2.30. The Morgan fingerprint density at radius 2 is 2.06 bits per heavy atom. The Labute approximate surface area is 107 Å². The average molecular weight is 259 g/mol. The maximum atomic E-state index is 9.60. The molecule has 0 spiro atoms. The fourth-order valence-electron chi connectivity index (χ4n) is 1.55. The van der Waals surface area contributed by atoms with Crippen molar-refractivity contribution in [3.05, 3.63) is 28.8 Å². The van der Waals surface area contributed by atoms with Crippen molar-refractivity contribution in [2.24, 2.45) is 0 Å². The van der Waals surface area contributed by atoms with Gasteiger partial charge in [0.05, 0.1) is 12.7 Å². The molecule has 0 unspecified atom stereocenters. The predicted molar refractivity (Wildman–Crippen MR) is 68.5 cm³/mol. The molecule has 0 aliphatic carbocycles. The van der Waals surface area contributed by atoms with Gasteiger partial charge >= 0.3 is 0 Å². The van der Waals surface area contributed by atoms with Gasteiger partial charge in [0, 0.05) is 17.2 Å². The van der Waals surface area contributed by atoms with E-state index in [0.717, 1.165) is 19.3 Å². The second kappa shape index (κ2) is 7.54. The maximum absolute atomic E-state index is 9.60. The predicted octanol–water partition coefficient (Wildman–Crippen LogP) is 2.93. The van der Waals surface area contributed by atoms with Crippen molar-refractivity contribution in [3.63, 3.8) is 0 Å². The fourth-order valence-corrected chi connectivity index (χ4v) is 1.73. The Morgan fingerprint density at radius 1 is 1.29 bits per heavy atom. The van der Waals surface area contributed by atoms with E-state index in [4.69, 9.17) is 21.4 Å². The molecular weight excluding hydrogens is 240 g/mol. The number of aliphatic hydroxyl groups excluding tert-OH is 2. The van der Waals surface area contributed by atoms with Crippen molar-refractivity contribution in [1.82, 2.24) is 0 Å². The van der Waals surface area contributed by atoms with Gasteiger partial charge in [-0.25, -0.2) is 0 Å². The van der Waals surface area contributed by atoms with E-state index in [1.807, 2.05) is 0 Å². The van der Waals surface area contributed by atoms with E-state index in [1.54, 1.807) is 25.1 Å². The summed E-state index contributed by atoms with van der Waals surface area (Å²) >= 11 is 5.87. The molecule has 1 aromatic rings. The zero-order valence-corrected chi connectivity index (χ0v) is 10.8. The van der Waals surface area contributed by atoms with Crippen LogP contribution in [0.2, 0.25) is 5.02 Å². The molecule has 1 atom stereocenters. The smallest absolute Gasteiger partial charge is 0.125 e. The summed E-state index contributed by atoms with van der Waals surface area (Å²) in [5, 5.41) is 18.8. The van der Waals surface area contributed by atoms with Crippen molar-refractivity contribution in [2.45, 2.75) is 32.3 Å². The Hall–Kier alpha value is -0.770. The number of aliphatic hydroxyl groups is 2. The third kappa shape index (κ3) is 4.94. The van der Waals surface area contributed by atoms with Gasteiger partial charge in [-0.3, -0.25) is 0 Å². The largest absolute Gasteiger partial charge is 0.493 e. The molecule has 0 saturated heterocycles. The topological polar surface area (TPSA) is 49.7 Å². The van der Waals surface area contributed by atoms with E-state index in [0.29, 0.717) is 22.9 Å². The first kappa shape index (κ1) is 14.3. The molecule has 0 amide bonds. The molecule has 0 bridgehead atoms. The summed E-state index contributed by atoms with van der Waals surface area (Å²) in [5.74, 6) is 0.674. The van der Waals surface area contributed by atoms with E-state index in [-0.39, 0.29) is 6.61 Å². The van der Waals surface area contributed by atoms with Gasteiger partial charge in [-0.2, -0.15) is 0 Å². The van der Waals surface area contributed by atoms with Gasteiger partial charge in [0.15, 0.2) is 0 Å². The summed E-state index contributed by atoms with van der Waals surface area (Å²) in [6, 6.07) is 5.24. The van der Waals surface area contributed by atoms with Crippen LogP contribution in [0.25, 0.3) is 0 Å². The minimum absolute atomic E-state index is 0.222. The van der Waals surface area contributed by atoms with Crippen LogP contribution in [0.4, 0.5) is 0 Å². The summed E-state index contributed by atoms with van der Waals surface area (Å²) < 4.78 is 5.60. The molecule has 0 aromatic heterocycles. The van der Waals surface area contributed by atoms with Crippen molar-refractivity contribution in [1.29, 1.82) is 0 Å². The van der Waals surface area contributed by atoms with Gasteiger partial charge in [-0.15, -0.1) is 0 Å². The molecule has 0 saturated carbocycles. The lowest BCUT2D eigenvalue weighted by atomic mass is 10.1. The number of benzene rings is 1. The number of rotatable bonds is 7. The summed E-state index contributed by atoms with van der Waals surface area (Å²) in [6.07, 6.45) is 2.03. The Bertz CT molecular complexity index is 339. The van der Waals surface area contributed by atoms with E-state index in [2.05, 4.69) is 0 Å². The molecule has 2 N–H and O–H groups in total. The highest BCUT2D eigenvalue weighted by atomic mass is 35.5. The van der Waals surface area contributed by atoms with E-state index < -0.39 is 6.10 Å². The molecule has 4 heteroatoms. The number of unbranched alkanes of at least 4 members (excludes halogenated alkanes) is 2. The highest BCUT2D eigenvalue weighted by Gasteiger charge is 2.09. The third-order valence-corrected chi connectivity index (χ3v) is 2.72. The van der Waals surface area contributed by atoms with E-state index in [1.165, 1.54) is 0 Å². The summed E-state index contributed by atoms with van der Waals surface area (Å²) in [7, 11) is 0. The van der Waals surface area contributed by atoms with E-state index >= 15 is 0 Å². The van der Waals surface area contributed by atoms with Crippen LogP contribution in [0.15, 0.2) is 18.2 Å². The zero-order valence-electron chi connectivity index (χ0n) is 10.0. The van der Waals surface area contributed by atoms with Crippen molar-refractivity contribution < 1.29 is 14.9 Å². The molecule has 96 valence electrons. The number of hydrogen-bond donors (Lipinski definition) is 2. The standard InChI is InChI=1S/C13H19ClO3/c1-10(16)12-9-11(14)5-6-13(12)17-8-4-2-3-7-15/h5-6,9-10,15-16H,2-4,7-8H2,1H3/t10-/m0/s1. The van der Waals surface area contributed by atoms with Crippen LogP contribution >= 0.6 is 11.6 Å². The molecule has 17 heavy (non-hydrogen) atoms. The number of hydrogen-bond acceptors (Lipinski definition) is 3. The highest BCUT2D eigenvalue weighted by Crippen LogP contribution is 2.28. The monoisotopic (exact) mass is 258 g/mol. The zero-order chi connectivity index (χ0) is 12.7. The summed E-state index contributed by atoms with van der Waals surface area (Å²) in [6.45, 7) is 2.49. The molecule has 3 nitrogen and oxygen atoms in total. The van der Waals surface area contributed by atoms with Gasteiger partial charge in [0.2, 0.25) is 0 Å². The van der Waals surface area contributed by atoms with Crippen LogP contribution in [0.3, 0.4) is 0 Å². The molecule has 0 radical (unpaired) electrons. The first-order chi connectivity index (χ1) is 8.15. The summed E-state index contributed by atoms with van der Waals surface area (Å²) in [4.78, 5) is 0. The van der Waals surface area contributed by atoms with Crippen LogP contribution in [0, 0.1) is 0 Å². The Balaban J connectivity index is 2.52. The van der Waals surface area contributed by atoms with Gasteiger partial charge in [0.1, 0.15) is 5.75 Å². The van der Waals surface area contributed by atoms with Gasteiger partial charge in [-0.1, -0.05) is 11.6 Å². The lowest BCUT2D eigenvalue weighted by Gasteiger charge is -2.13. The SMILES string of the molecule is C[C@H](O)c1cc(Cl)ccc1OCCCCCO. The quantitative estimate of drug-likeness (QED) is 0.740. The van der Waals surface area contributed by atoms with Crippen LogP contribution in [-0.2, 0) is 0 Å². The fraction of sp³-hybridized carbons (Fsp3) is 0.538. The Kier molecular flexibility index (Phi) is 6.34. The van der Waals surface area contributed by atoms with Crippen molar-refractivity contribution in [2.75, 3.05) is 13.2 Å². The minimum atomic E-state index is -0.596. The Morgan fingerprint density at radius 3 is 2.71 bits per heavy atom. The first-order valence-electron chi connectivity index (χ1n) is 5.86. The lowest BCUT2D eigenvalue weighted by Crippen LogP contribution is -2.02. The molecule has 1 aromatic carbocycles. The van der Waals surface area contributed by atoms with Gasteiger partial charge in [-0.05, 0) is 44.4 Å². The molecule has 0 aliphatic rings. The highest BCUT2D eigenvalue weighted by molar-refractivity contribution is 6.30. The van der Waals surface area contributed by atoms with Crippen LogP contribution in [0.1, 0.15) is 37.9 Å². The number of halogens is 1. The molecule has 0 heterocycles. The second-order valence-corrected chi connectivity index (χ2v) is 4.43. The van der Waals surface area contributed by atoms with Crippen molar-refractivity contribution >= 4 is 11.6 Å². The van der Waals surface area contributed by atoms with Gasteiger partial charge < -0.3 is 14.9 Å². The maximum Gasteiger partial charge on any atom is 0.125 e.